The van der Waals surface area contributed by atoms with Crippen LogP contribution in [0.15, 0.2) is 47.4 Å². The zero-order valence-corrected chi connectivity index (χ0v) is 17.2. The lowest BCUT2D eigenvalue weighted by Gasteiger charge is -2.33. The highest BCUT2D eigenvalue weighted by Crippen LogP contribution is 2.24. The largest absolute Gasteiger partial charge is 0.319 e. The van der Waals surface area contributed by atoms with Gasteiger partial charge in [-0.05, 0) is 24.3 Å². The van der Waals surface area contributed by atoms with Crippen LogP contribution < -0.4 is 5.32 Å². The number of carbonyl (C=O) groups is 1. The number of piperazine rings is 1. The molecule has 0 bridgehead atoms. The molecule has 1 amide bonds. The zero-order chi connectivity index (χ0) is 21.9. The molecule has 0 unspecified atom stereocenters. The molecule has 0 spiro atoms. The summed E-state index contributed by atoms with van der Waals surface area (Å²) in [5, 5.41) is 13.3. The highest BCUT2D eigenvalue weighted by atomic mass is 35.5. The first-order chi connectivity index (χ1) is 14.2. The zero-order valence-electron chi connectivity index (χ0n) is 15.6. The summed E-state index contributed by atoms with van der Waals surface area (Å²) in [5.41, 5.74) is -0.110. The highest BCUT2D eigenvalue weighted by Gasteiger charge is 2.29. The van der Waals surface area contributed by atoms with E-state index in [1.807, 2.05) is 0 Å². The third-order valence-electron chi connectivity index (χ3n) is 4.60. The molecule has 2 aromatic rings. The van der Waals surface area contributed by atoms with Crippen molar-refractivity contribution < 1.29 is 22.5 Å². The summed E-state index contributed by atoms with van der Waals surface area (Å²) in [6.07, 6.45) is 0. The maximum Gasteiger partial charge on any atom is 0.292 e. The van der Waals surface area contributed by atoms with Gasteiger partial charge in [-0.25, -0.2) is 12.8 Å². The van der Waals surface area contributed by atoms with Gasteiger partial charge in [-0.2, -0.15) is 4.31 Å². The minimum atomic E-state index is -3.84. The van der Waals surface area contributed by atoms with E-state index >= 15 is 0 Å². The second-order valence-electron chi connectivity index (χ2n) is 6.58. The smallest absolute Gasteiger partial charge is 0.292 e. The number of sulfonamides is 1. The molecule has 0 atom stereocenters. The quantitative estimate of drug-likeness (QED) is 0.527. The molecule has 1 N–H and O–H groups in total. The number of para-hydroxylation sites is 2. The van der Waals surface area contributed by atoms with Crippen LogP contribution >= 0.6 is 11.6 Å². The van der Waals surface area contributed by atoms with Gasteiger partial charge in [-0.3, -0.25) is 19.8 Å². The average molecular weight is 457 g/mol. The summed E-state index contributed by atoms with van der Waals surface area (Å²) in [4.78, 5) is 24.4. The highest BCUT2D eigenvalue weighted by molar-refractivity contribution is 7.89. The van der Waals surface area contributed by atoms with Crippen LogP contribution in [-0.4, -0.2) is 61.2 Å². The number of nitro groups is 1. The first-order valence-electron chi connectivity index (χ1n) is 8.89. The van der Waals surface area contributed by atoms with Crippen molar-refractivity contribution in [2.75, 3.05) is 38.0 Å². The first-order valence-corrected chi connectivity index (χ1v) is 10.7. The fraction of sp³-hybridized carbons (Fsp3) is 0.278. The lowest BCUT2D eigenvalue weighted by molar-refractivity contribution is -0.383. The van der Waals surface area contributed by atoms with Gasteiger partial charge in [0.15, 0.2) is 0 Å². The summed E-state index contributed by atoms with van der Waals surface area (Å²) in [6.45, 7) is 0.811. The minimum absolute atomic E-state index is 0.0394. The summed E-state index contributed by atoms with van der Waals surface area (Å²) >= 11 is 5.68. The Bertz CT molecular complexity index is 1070. The Labute approximate surface area is 177 Å². The van der Waals surface area contributed by atoms with E-state index in [2.05, 4.69) is 5.32 Å². The maximum atomic E-state index is 13.3. The maximum absolute atomic E-state index is 13.3. The van der Waals surface area contributed by atoms with Crippen molar-refractivity contribution in [3.8, 4) is 0 Å². The summed E-state index contributed by atoms with van der Waals surface area (Å²) in [5.74, 6) is -1.14. The molecule has 9 nitrogen and oxygen atoms in total. The number of nitrogens with zero attached hydrogens (tertiary/aromatic N) is 3. The molecule has 160 valence electrons. The second-order valence-corrected chi connectivity index (χ2v) is 8.92. The van der Waals surface area contributed by atoms with Crippen LogP contribution in [0.5, 0.6) is 0 Å². The van der Waals surface area contributed by atoms with Gasteiger partial charge in [-0.15, -0.1) is 0 Å². The van der Waals surface area contributed by atoms with Crippen molar-refractivity contribution in [1.29, 1.82) is 0 Å². The Hall–Kier alpha value is -2.60. The van der Waals surface area contributed by atoms with E-state index in [-0.39, 0.29) is 40.9 Å². The summed E-state index contributed by atoms with van der Waals surface area (Å²) in [7, 11) is -3.84. The van der Waals surface area contributed by atoms with E-state index in [0.717, 1.165) is 18.2 Å². The van der Waals surface area contributed by atoms with E-state index < -0.39 is 26.7 Å². The number of nitrogens with one attached hydrogen (secondary N) is 1. The Morgan fingerprint density at radius 1 is 1.17 bits per heavy atom. The normalized spacial score (nSPS) is 15.7. The topological polar surface area (TPSA) is 113 Å². The number of rotatable bonds is 6. The Balaban J connectivity index is 1.58. The molecular formula is C18H18ClFN4O5S. The molecular weight excluding hydrogens is 439 g/mol. The second kappa shape index (κ2) is 9.04. The molecule has 2 aromatic carbocycles. The number of carbonyl (C=O) groups excluding carboxylic acids is 1. The van der Waals surface area contributed by atoms with Gasteiger partial charge in [0.25, 0.3) is 5.69 Å². The van der Waals surface area contributed by atoms with Crippen LogP contribution in [0.2, 0.25) is 5.02 Å². The molecule has 0 aliphatic carbocycles. The Morgan fingerprint density at radius 3 is 2.47 bits per heavy atom. The number of amides is 1. The van der Waals surface area contributed by atoms with Gasteiger partial charge in [0.2, 0.25) is 15.9 Å². The van der Waals surface area contributed by atoms with Crippen LogP contribution in [0.1, 0.15) is 0 Å². The molecule has 12 heteroatoms. The van der Waals surface area contributed by atoms with Crippen molar-refractivity contribution in [1.82, 2.24) is 9.21 Å². The van der Waals surface area contributed by atoms with Crippen LogP contribution in [0.3, 0.4) is 0 Å². The van der Waals surface area contributed by atoms with Gasteiger partial charge in [-0.1, -0.05) is 23.7 Å². The van der Waals surface area contributed by atoms with Crippen molar-refractivity contribution in [3.63, 3.8) is 0 Å². The van der Waals surface area contributed by atoms with Crippen LogP contribution in [0.4, 0.5) is 15.8 Å². The van der Waals surface area contributed by atoms with Gasteiger partial charge >= 0.3 is 0 Å². The molecule has 0 saturated carbocycles. The number of anilines is 1. The SMILES string of the molecule is O=C(CN1CCN(S(=O)(=O)c2ccc(F)c(Cl)c2)CC1)Nc1ccccc1[N+](=O)[O-]. The van der Waals surface area contributed by atoms with Crippen LogP contribution in [0, 0.1) is 15.9 Å². The molecule has 1 aliphatic heterocycles. The number of hydrogen-bond donors (Lipinski definition) is 1. The molecule has 1 saturated heterocycles. The Kier molecular flexibility index (Phi) is 6.66. The third kappa shape index (κ3) is 4.93. The number of benzene rings is 2. The van der Waals surface area contributed by atoms with Crippen molar-refractivity contribution in [3.05, 3.63) is 63.4 Å². The van der Waals surface area contributed by atoms with E-state index in [9.17, 15) is 27.7 Å². The number of nitro benzene ring substituents is 1. The van der Waals surface area contributed by atoms with Crippen molar-refractivity contribution in [2.45, 2.75) is 4.90 Å². The van der Waals surface area contributed by atoms with Gasteiger partial charge < -0.3 is 5.32 Å². The van der Waals surface area contributed by atoms with Crippen molar-refractivity contribution in [2.24, 2.45) is 0 Å². The van der Waals surface area contributed by atoms with E-state index in [4.69, 9.17) is 11.6 Å². The molecule has 1 heterocycles. The predicted molar refractivity (Wildman–Crippen MR) is 108 cm³/mol. The van der Waals surface area contributed by atoms with Gasteiger partial charge in [0.05, 0.1) is 21.4 Å². The molecule has 0 aromatic heterocycles. The van der Waals surface area contributed by atoms with Crippen molar-refractivity contribution >= 4 is 38.9 Å². The van der Waals surface area contributed by atoms with Crippen LogP contribution in [-0.2, 0) is 14.8 Å². The standard InChI is InChI=1S/C18H18ClFN4O5S/c19-14-11-13(5-6-15(14)20)30(28,29)23-9-7-22(8-10-23)12-18(25)21-16-3-1-2-4-17(16)24(26)27/h1-6,11H,7-10,12H2,(H,21,25). The van der Waals surface area contributed by atoms with E-state index in [1.165, 1.54) is 22.5 Å². The lowest BCUT2D eigenvalue weighted by atomic mass is 10.2. The third-order valence-corrected chi connectivity index (χ3v) is 6.79. The minimum Gasteiger partial charge on any atom is -0.319 e. The average Bonchev–Trinajstić information content (AvgIpc) is 2.70. The Morgan fingerprint density at radius 2 is 1.83 bits per heavy atom. The fourth-order valence-electron chi connectivity index (χ4n) is 3.05. The number of hydrogen-bond acceptors (Lipinski definition) is 6. The summed E-state index contributed by atoms with van der Waals surface area (Å²) < 4.78 is 40.0. The van der Waals surface area contributed by atoms with Gasteiger partial charge in [0, 0.05) is 32.2 Å². The molecule has 1 aliphatic rings. The summed E-state index contributed by atoms with van der Waals surface area (Å²) in [6, 6.07) is 9.03. The van der Waals surface area contributed by atoms with E-state index in [0.29, 0.717) is 13.1 Å². The first kappa shape index (κ1) is 22.1. The van der Waals surface area contributed by atoms with Crippen LogP contribution in [0.25, 0.3) is 0 Å². The van der Waals surface area contributed by atoms with Gasteiger partial charge in [0.1, 0.15) is 11.5 Å². The molecule has 3 rings (SSSR count). The predicted octanol–water partition coefficient (Wildman–Crippen LogP) is 2.33. The molecule has 1 fully saturated rings. The van der Waals surface area contributed by atoms with E-state index in [1.54, 1.807) is 11.0 Å². The molecule has 30 heavy (non-hydrogen) atoms. The molecule has 0 radical (unpaired) electrons. The monoisotopic (exact) mass is 456 g/mol. The fourth-order valence-corrected chi connectivity index (χ4v) is 4.74. The lowest BCUT2D eigenvalue weighted by Crippen LogP contribution is -2.50. The number of halogens is 2.